The van der Waals surface area contributed by atoms with E-state index in [0.717, 1.165) is 50.2 Å². The second kappa shape index (κ2) is 9.53. The summed E-state index contributed by atoms with van der Waals surface area (Å²) in [6, 6.07) is 22.1. The van der Waals surface area contributed by atoms with Gasteiger partial charge in [-0.05, 0) is 29.7 Å². The molecule has 6 rings (SSSR count). The number of benzene rings is 2. The number of hydrogen-bond acceptors (Lipinski definition) is 6. The van der Waals surface area contributed by atoms with Crippen LogP contribution >= 0.6 is 0 Å². The number of pyridine rings is 2. The fourth-order valence-corrected chi connectivity index (χ4v) is 4.79. The van der Waals surface area contributed by atoms with Crippen molar-refractivity contribution < 1.29 is 4.79 Å². The van der Waals surface area contributed by atoms with Crippen molar-refractivity contribution >= 4 is 22.5 Å². The molecule has 2 aromatic carbocycles. The van der Waals surface area contributed by atoms with Gasteiger partial charge in [0.15, 0.2) is 11.5 Å². The normalized spacial score (nSPS) is 12.3. The first-order valence-electron chi connectivity index (χ1n) is 12.3. The van der Waals surface area contributed by atoms with E-state index in [-0.39, 0.29) is 12.5 Å². The average Bonchev–Trinajstić information content (AvgIpc) is 3.54. The fraction of sp³-hybridized carbons (Fsp3) is 0.138. The predicted molar refractivity (Wildman–Crippen MR) is 147 cm³/mol. The zero-order valence-electron chi connectivity index (χ0n) is 20.8. The van der Waals surface area contributed by atoms with E-state index in [2.05, 4.69) is 33.4 Å². The number of rotatable bonds is 7. The quantitative estimate of drug-likeness (QED) is 0.342. The van der Waals surface area contributed by atoms with Gasteiger partial charge in [0.1, 0.15) is 5.69 Å². The van der Waals surface area contributed by atoms with Gasteiger partial charge in [0.05, 0.1) is 17.5 Å². The van der Waals surface area contributed by atoms with E-state index in [1.807, 2.05) is 76.9 Å². The number of nitrogens with two attached hydrogens (primary N) is 2. The summed E-state index contributed by atoms with van der Waals surface area (Å²) in [5, 5.41) is 9.84. The number of carbonyl (C=O) groups is 1. The van der Waals surface area contributed by atoms with Gasteiger partial charge >= 0.3 is 0 Å². The lowest BCUT2D eigenvalue weighted by atomic mass is 9.96. The summed E-state index contributed by atoms with van der Waals surface area (Å²) < 4.78 is 3.83. The summed E-state index contributed by atoms with van der Waals surface area (Å²) in [6.07, 6.45) is 6.33. The number of imidazole rings is 1. The minimum atomic E-state index is -0.393. The maximum atomic E-state index is 11.2. The van der Waals surface area contributed by atoms with E-state index < -0.39 is 5.91 Å². The molecular weight excluding hydrogens is 476 g/mol. The Morgan fingerprint density at radius 2 is 1.79 bits per heavy atom. The highest BCUT2D eigenvalue weighted by Crippen LogP contribution is 2.35. The van der Waals surface area contributed by atoms with Crippen molar-refractivity contribution in [2.75, 3.05) is 0 Å². The van der Waals surface area contributed by atoms with E-state index in [4.69, 9.17) is 16.5 Å². The number of aryl methyl sites for hydroxylation is 1. The molecule has 9 heteroatoms. The Morgan fingerprint density at radius 1 is 1.00 bits per heavy atom. The minimum absolute atomic E-state index is 0.158. The van der Waals surface area contributed by atoms with Crippen LogP contribution in [-0.2, 0) is 18.3 Å². The van der Waals surface area contributed by atoms with E-state index in [0.29, 0.717) is 12.2 Å². The molecular formula is C29H26N8O. The number of fused-ring (bicyclic) bond motifs is 3. The zero-order chi connectivity index (χ0) is 26.2. The average molecular weight is 503 g/mol. The van der Waals surface area contributed by atoms with Crippen molar-refractivity contribution in [3.63, 3.8) is 0 Å². The Bertz CT molecular complexity index is 1770. The molecule has 1 amide bonds. The number of nitrogens with zero attached hydrogens (tertiary/aromatic N) is 6. The fourth-order valence-electron chi connectivity index (χ4n) is 4.79. The molecule has 0 radical (unpaired) electrons. The van der Waals surface area contributed by atoms with Gasteiger partial charge in [-0.1, -0.05) is 54.6 Å². The molecule has 4 N–H and O–H groups in total. The van der Waals surface area contributed by atoms with Crippen molar-refractivity contribution in [3.8, 4) is 33.9 Å². The van der Waals surface area contributed by atoms with Gasteiger partial charge in [-0.2, -0.15) is 0 Å². The van der Waals surface area contributed by atoms with Gasteiger partial charge in [-0.25, -0.2) is 9.97 Å². The molecule has 0 aliphatic heterocycles. The second-order valence-electron chi connectivity index (χ2n) is 9.47. The Hall–Kier alpha value is -4.89. The van der Waals surface area contributed by atoms with Crippen LogP contribution in [0.15, 0.2) is 85.5 Å². The van der Waals surface area contributed by atoms with Crippen LogP contribution in [0.2, 0.25) is 0 Å². The van der Waals surface area contributed by atoms with Crippen molar-refractivity contribution in [2.45, 2.75) is 18.9 Å². The molecule has 0 bridgehead atoms. The Kier molecular flexibility index (Phi) is 5.89. The maximum absolute atomic E-state index is 11.2. The van der Waals surface area contributed by atoms with Crippen LogP contribution in [0.3, 0.4) is 0 Å². The lowest BCUT2D eigenvalue weighted by molar-refractivity contribution is -0.118. The van der Waals surface area contributed by atoms with Gasteiger partial charge in [0, 0.05) is 48.4 Å². The second-order valence-corrected chi connectivity index (χ2v) is 9.47. The minimum Gasteiger partial charge on any atom is -0.370 e. The van der Waals surface area contributed by atoms with Crippen LogP contribution in [-0.4, -0.2) is 41.1 Å². The highest BCUT2D eigenvalue weighted by Gasteiger charge is 2.17. The van der Waals surface area contributed by atoms with Crippen LogP contribution in [0.25, 0.3) is 50.5 Å². The maximum Gasteiger partial charge on any atom is 0.218 e. The lowest BCUT2D eigenvalue weighted by Gasteiger charge is -2.13. The van der Waals surface area contributed by atoms with E-state index >= 15 is 0 Å². The number of hydrogen-bond donors (Lipinski definition) is 2. The molecule has 4 heterocycles. The monoisotopic (exact) mass is 502 g/mol. The molecule has 1 atom stereocenters. The highest BCUT2D eigenvalue weighted by molar-refractivity contribution is 5.98. The summed E-state index contributed by atoms with van der Waals surface area (Å²) in [7, 11) is 1.93. The van der Waals surface area contributed by atoms with E-state index in [1.54, 1.807) is 6.33 Å². The summed E-state index contributed by atoms with van der Waals surface area (Å²) in [5.41, 5.74) is 18.6. The Morgan fingerprint density at radius 3 is 2.50 bits per heavy atom. The lowest BCUT2D eigenvalue weighted by Crippen LogP contribution is -2.29. The molecule has 0 spiro atoms. The number of aromatic nitrogens is 6. The largest absolute Gasteiger partial charge is 0.370 e. The SMILES string of the molecule is Cn1cnc(-c2nnc3c4cc(-c5ccccc5)c(-c5ccc(CC(N)CC(N)=O)cc5)nc4ccn23)c1. The van der Waals surface area contributed by atoms with Crippen LogP contribution in [0.1, 0.15) is 12.0 Å². The summed E-state index contributed by atoms with van der Waals surface area (Å²) >= 11 is 0. The van der Waals surface area contributed by atoms with Gasteiger partial charge in [0.25, 0.3) is 0 Å². The molecule has 4 aromatic heterocycles. The van der Waals surface area contributed by atoms with Crippen molar-refractivity contribution in [1.82, 2.24) is 29.1 Å². The smallest absolute Gasteiger partial charge is 0.218 e. The first kappa shape index (κ1) is 23.5. The van der Waals surface area contributed by atoms with Crippen LogP contribution in [0.5, 0.6) is 0 Å². The van der Waals surface area contributed by atoms with Crippen LogP contribution in [0, 0.1) is 0 Å². The molecule has 188 valence electrons. The molecule has 0 aliphatic carbocycles. The number of amides is 1. The Balaban J connectivity index is 1.47. The van der Waals surface area contributed by atoms with Crippen LogP contribution in [0.4, 0.5) is 0 Å². The third-order valence-corrected chi connectivity index (χ3v) is 6.58. The first-order chi connectivity index (χ1) is 18.5. The van der Waals surface area contributed by atoms with Gasteiger partial charge in [-0.15, -0.1) is 10.2 Å². The van der Waals surface area contributed by atoms with Crippen molar-refractivity contribution in [1.29, 1.82) is 0 Å². The van der Waals surface area contributed by atoms with E-state index in [9.17, 15) is 4.79 Å². The van der Waals surface area contributed by atoms with Crippen molar-refractivity contribution in [2.24, 2.45) is 18.5 Å². The molecule has 0 saturated carbocycles. The summed E-state index contributed by atoms with van der Waals surface area (Å²) in [5.74, 6) is 0.286. The first-order valence-corrected chi connectivity index (χ1v) is 12.3. The highest BCUT2D eigenvalue weighted by atomic mass is 16.1. The molecule has 38 heavy (non-hydrogen) atoms. The predicted octanol–water partition coefficient (Wildman–Crippen LogP) is 3.76. The van der Waals surface area contributed by atoms with Crippen molar-refractivity contribution in [3.05, 3.63) is 91.0 Å². The standard InChI is InChI=1S/C29H26N8O/c1-36-16-25(32-17-36)29-35-34-28-23-15-22(19-5-3-2-4-6-19)27(33-24(23)11-12-37(28)29)20-9-7-18(8-10-20)13-21(30)14-26(31)38/h2-12,15-17,21H,13-14,30H2,1H3,(H2,31,38). The molecule has 0 fully saturated rings. The summed E-state index contributed by atoms with van der Waals surface area (Å²) in [4.78, 5) is 20.7. The number of primary amides is 1. The Labute approximate surface area is 218 Å². The molecule has 0 saturated heterocycles. The van der Waals surface area contributed by atoms with Gasteiger partial charge < -0.3 is 16.0 Å². The summed E-state index contributed by atoms with van der Waals surface area (Å²) in [6.45, 7) is 0. The van der Waals surface area contributed by atoms with Gasteiger partial charge in [-0.3, -0.25) is 9.20 Å². The van der Waals surface area contributed by atoms with E-state index in [1.165, 1.54) is 0 Å². The molecule has 6 aromatic rings. The molecule has 9 nitrogen and oxygen atoms in total. The van der Waals surface area contributed by atoms with Gasteiger partial charge in [0.2, 0.25) is 5.91 Å². The molecule has 1 unspecified atom stereocenters. The third-order valence-electron chi connectivity index (χ3n) is 6.58. The third kappa shape index (κ3) is 4.39. The topological polar surface area (TPSA) is 130 Å². The number of carbonyl (C=O) groups excluding carboxylic acids is 1. The molecule has 0 aliphatic rings. The van der Waals surface area contributed by atoms with Crippen LogP contribution < -0.4 is 11.5 Å². The zero-order valence-corrected chi connectivity index (χ0v) is 20.8.